The summed E-state index contributed by atoms with van der Waals surface area (Å²) in [4.78, 5) is 4.31. The zero-order chi connectivity index (χ0) is 13.1. The van der Waals surface area contributed by atoms with E-state index in [1.54, 1.807) is 0 Å². The van der Waals surface area contributed by atoms with E-state index in [1.807, 2.05) is 25.1 Å². The van der Waals surface area contributed by atoms with Crippen molar-refractivity contribution in [2.45, 2.75) is 32.7 Å². The second-order valence-corrected chi connectivity index (χ2v) is 5.14. The van der Waals surface area contributed by atoms with Crippen LogP contribution in [0.2, 0.25) is 0 Å². The predicted molar refractivity (Wildman–Crippen MR) is 73.2 cm³/mol. The molecule has 4 nitrogen and oxygen atoms in total. The van der Waals surface area contributed by atoms with Crippen LogP contribution in [0.25, 0.3) is 0 Å². The lowest BCUT2D eigenvalue weighted by molar-refractivity contribution is 0.370. The number of hydrogen-bond donors (Lipinski definition) is 1. The maximum Gasteiger partial charge on any atom is 0.226 e. The monoisotopic (exact) mass is 309 g/mol. The quantitative estimate of drug-likeness (QED) is 0.942. The largest absolute Gasteiger partial charge is 0.339 e. The Balaban J connectivity index is 2.23. The van der Waals surface area contributed by atoms with Crippen LogP contribution in [0.4, 0.5) is 0 Å². The molecule has 1 heterocycles. The van der Waals surface area contributed by atoms with Crippen LogP contribution < -0.4 is 5.73 Å². The van der Waals surface area contributed by atoms with Gasteiger partial charge >= 0.3 is 0 Å². The second kappa shape index (κ2) is 5.63. The summed E-state index contributed by atoms with van der Waals surface area (Å²) in [6, 6.07) is 5.65. The van der Waals surface area contributed by atoms with Gasteiger partial charge in [0.05, 0.1) is 6.04 Å². The van der Waals surface area contributed by atoms with Crippen molar-refractivity contribution in [2.75, 3.05) is 0 Å². The Bertz CT molecular complexity index is 539. The highest BCUT2D eigenvalue weighted by molar-refractivity contribution is 9.10. The Morgan fingerprint density at radius 2 is 2.22 bits per heavy atom. The molecule has 1 aromatic heterocycles. The molecule has 2 rings (SSSR count). The van der Waals surface area contributed by atoms with Gasteiger partial charge in [-0.05, 0) is 30.5 Å². The molecule has 0 bridgehead atoms. The molecule has 0 aliphatic heterocycles. The van der Waals surface area contributed by atoms with E-state index in [1.165, 1.54) is 5.56 Å². The van der Waals surface area contributed by atoms with Gasteiger partial charge in [0.25, 0.3) is 0 Å². The molecule has 0 fully saturated rings. The highest BCUT2D eigenvalue weighted by Crippen LogP contribution is 2.23. The summed E-state index contributed by atoms with van der Waals surface area (Å²) >= 11 is 3.50. The van der Waals surface area contributed by atoms with Gasteiger partial charge in [-0.1, -0.05) is 40.1 Å². The van der Waals surface area contributed by atoms with Crippen LogP contribution >= 0.6 is 15.9 Å². The lowest BCUT2D eigenvalue weighted by Crippen LogP contribution is -2.13. The van der Waals surface area contributed by atoms with Crippen molar-refractivity contribution in [3.63, 3.8) is 0 Å². The Kier molecular flexibility index (Phi) is 4.14. The SMILES string of the molecule is CCCc1nc(C(N)c2ccc(C)c(Br)c2)no1. The van der Waals surface area contributed by atoms with Gasteiger partial charge in [0.15, 0.2) is 5.82 Å². The van der Waals surface area contributed by atoms with E-state index in [4.69, 9.17) is 10.3 Å². The van der Waals surface area contributed by atoms with E-state index in [9.17, 15) is 0 Å². The van der Waals surface area contributed by atoms with Crippen LogP contribution in [-0.4, -0.2) is 10.1 Å². The summed E-state index contributed by atoms with van der Waals surface area (Å²) in [7, 11) is 0. The lowest BCUT2D eigenvalue weighted by atomic mass is 10.1. The maximum atomic E-state index is 6.14. The smallest absolute Gasteiger partial charge is 0.226 e. The standard InChI is InChI=1S/C13H16BrN3O/c1-3-4-11-16-13(17-18-11)12(15)9-6-5-8(2)10(14)7-9/h5-7,12H,3-4,15H2,1-2H3. The van der Waals surface area contributed by atoms with Crippen molar-refractivity contribution in [3.05, 3.63) is 45.5 Å². The van der Waals surface area contributed by atoms with Gasteiger partial charge in [0, 0.05) is 10.9 Å². The molecule has 18 heavy (non-hydrogen) atoms. The first-order valence-corrected chi connectivity index (χ1v) is 6.75. The number of aryl methyl sites for hydroxylation is 2. The molecular weight excluding hydrogens is 294 g/mol. The van der Waals surface area contributed by atoms with Crippen molar-refractivity contribution < 1.29 is 4.52 Å². The third-order valence-corrected chi connectivity index (χ3v) is 3.64. The molecule has 0 saturated heterocycles. The molecule has 0 radical (unpaired) electrons. The summed E-state index contributed by atoms with van der Waals surface area (Å²) in [5.41, 5.74) is 8.28. The third-order valence-electron chi connectivity index (χ3n) is 2.78. The number of aromatic nitrogens is 2. The van der Waals surface area contributed by atoms with Gasteiger partial charge in [-0.2, -0.15) is 4.98 Å². The minimum absolute atomic E-state index is 0.351. The first-order chi connectivity index (χ1) is 8.61. The molecule has 2 N–H and O–H groups in total. The van der Waals surface area contributed by atoms with Crippen molar-refractivity contribution in [1.29, 1.82) is 0 Å². The second-order valence-electron chi connectivity index (χ2n) is 4.28. The van der Waals surface area contributed by atoms with Gasteiger partial charge < -0.3 is 10.3 Å². The molecule has 96 valence electrons. The first kappa shape index (κ1) is 13.2. The van der Waals surface area contributed by atoms with E-state index < -0.39 is 0 Å². The zero-order valence-electron chi connectivity index (χ0n) is 10.5. The van der Waals surface area contributed by atoms with E-state index >= 15 is 0 Å². The van der Waals surface area contributed by atoms with Crippen molar-refractivity contribution in [1.82, 2.24) is 10.1 Å². The van der Waals surface area contributed by atoms with Crippen LogP contribution in [0.3, 0.4) is 0 Å². The third kappa shape index (κ3) is 2.79. The lowest BCUT2D eigenvalue weighted by Gasteiger charge is -2.09. The molecule has 0 amide bonds. The molecule has 0 aliphatic carbocycles. The Labute approximate surface area is 115 Å². The van der Waals surface area contributed by atoms with E-state index in [0.717, 1.165) is 22.9 Å². The van der Waals surface area contributed by atoms with Gasteiger partial charge in [0.2, 0.25) is 5.89 Å². The highest BCUT2D eigenvalue weighted by Gasteiger charge is 2.16. The fourth-order valence-electron chi connectivity index (χ4n) is 1.66. The van der Waals surface area contributed by atoms with Crippen molar-refractivity contribution in [2.24, 2.45) is 5.73 Å². The first-order valence-electron chi connectivity index (χ1n) is 5.96. The summed E-state index contributed by atoms with van der Waals surface area (Å²) in [6.07, 6.45) is 1.77. The van der Waals surface area contributed by atoms with E-state index in [-0.39, 0.29) is 6.04 Å². The molecular formula is C13H16BrN3O. The average Bonchev–Trinajstić information content (AvgIpc) is 2.81. The van der Waals surface area contributed by atoms with Crippen LogP contribution in [0, 0.1) is 6.92 Å². The van der Waals surface area contributed by atoms with Gasteiger partial charge in [-0.25, -0.2) is 0 Å². The molecule has 1 unspecified atom stereocenters. The van der Waals surface area contributed by atoms with E-state index in [0.29, 0.717) is 11.7 Å². The number of halogens is 1. The van der Waals surface area contributed by atoms with Gasteiger partial charge in [0.1, 0.15) is 0 Å². The minimum atomic E-state index is -0.351. The fourth-order valence-corrected chi connectivity index (χ4v) is 2.06. The fraction of sp³-hybridized carbons (Fsp3) is 0.385. The van der Waals surface area contributed by atoms with Crippen molar-refractivity contribution >= 4 is 15.9 Å². The number of nitrogens with two attached hydrogens (primary N) is 1. The van der Waals surface area contributed by atoms with Crippen LogP contribution in [0.15, 0.2) is 27.2 Å². The summed E-state index contributed by atoms with van der Waals surface area (Å²) in [5, 5.41) is 3.94. The molecule has 1 atom stereocenters. The van der Waals surface area contributed by atoms with Crippen LogP contribution in [0.5, 0.6) is 0 Å². The molecule has 2 aromatic rings. The number of rotatable bonds is 4. The summed E-state index contributed by atoms with van der Waals surface area (Å²) in [6.45, 7) is 4.11. The summed E-state index contributed by atoms with van der Waals surface area (Å²) < 4.78 is 6.18. The minimum Gasteiger partial charge on any atom is -0.339 e. The molecule has 0 spiro atoms. The number of hydrogen-bond acceptors (Lipinski definition) is 4. The number of benzene rings is 1. The van der Waals surface area contributed by atoms with E-state index in [2.05, 4.69) is 33.0 Å². The average molecular weight is 310 g/mol. The number of nitrogens with zero attached hydrogens (tertiary/aromatic N) is 2. The topological polar surface area (TPSA) is 64.9 Å². The molecule has 5 heteroatoms. The Morgan fingerprint density at radius 3 is 2.89 bits per heavy atom. The van der Waals surface area contributed by atoms with Crippen molar-refractivity contribution in [3.8, 4) is 0 Å². The molecule has 1 aromatic carbocycles. The molecule has 0 saturated carbocycles. The van der Waals surface area contributed by atoms with Crippen LogP contribution in [-0.2, 0) is 6.42 Å². The predicted octanol–water partition coefficient (Wildman–Crippen LogP) is 3.14. The normalized spacial score (nSPS) is 12.7. The zero-order valence-corrected chi connectivity index (χ0v) is 12.1. The Hall–Kier alpha value is -1.20. The highest BCUT2D eigenvalue weighted by atomic mass is 79.9. The van der Waals surface area contributed by atoms with Crippen LogP contribution in [0.1, 0.15) is 42.2 Å². The summed E-state index contributed by atoms with van der Waals surface area (Å²) in [5.74, 6) is 1.18. The Morgan fingerprint density at radius 1 is 1.44 bits per heavy atom. The maximum absolute atomic E-state index is 6.14. The molecule has 0 aliphatic rings. The van der Waals surface area contributed by atoms with Gasteiger partial charge in [-0.15, -0.1) is 0 Å². The van der Waals surface area contributed by atoms with Gasteiger partial charge in [-0.3, -0.25) is 0 Å².